The van der Waals surface area contributed by atoms with E-state index in [9.17, 15) is 9.59 Å². The van der Waals surface area contributed by atoms with E-state index >= 15 is 0 Å². The molecule has 0 unspecified atom stereocenters. The van der Waals surface area contributed by atoms with E-state index in [4.69, 9.17) is 5.73 Å². The zero-order valence-corrected chi connectivity index (χ0v) is 11.8. The Morgan fingerprint density at radius 2 is 1.95 bits per heavy atom. The number of nitrogens with two attached hydrogens (primary N) is 1. The minimum atomic E-state index is -0.439. The molecule has 0 saturated carbocycles. The first kappa shape index (κ1) is 14.1. The van der Waals surface area contributed by atoms with Crippen molar-refractivity contribution >= 4 is 5.91 Å². The number of carbonyl (C=O) groups excluding carboxylic acids is 1. The minimum absolute atomic E-state index is 0.00905. The van der Waals surface area contributed by atoms with Gasteiger partial charge in [0, 0.05) is 24.5 Å². The summed E-state index contributed by atoms with van der Waals surface area (Å²) in [5.74, 6) is -0.439. The number of hydrogen-bond acceptors (Lipinski definition) is 2. The molecule has 0 aliphatic rings. The van der Waals surface area contributed by atoms with Crippen LogP contribution in [0.2, 0.25) is 0 Å². The average molecular weight is 273 g/mol. The quantitative estimate of drug-likeness (QED) is 0.897. The Hall–Kier alpha value is -2.30. The molecule has 1 heterocycles. The maximum Gasteiger partial charge on any atom is 0.328 e. The van der Waals surface area contributed by atoms with Gasteiger partial charge in [-0.05, 0) is 36.6 Å². The molecule has 5 heteroatoms. The van der Waals surface area contributed by atoms with Crippen molar-refractivity contribution in [2.45, 2.75) is 33.4 Å². The van der Waals surface area contributed by atoms with Crippen LogP contribution in [-0.4, -0.2) is 15.0 Å². The van der Waals surface area contributed by atoms with Crippen LogP contribution in [-0.2, 0) is 13.1 Å². The number of aryl methyl sites for hydroxylation is 2. The summed E-state index contributed by atoms with van der Waals surface area (Å²) in [5, 5.41) is 0. The van der Waals surface area contributed by atoms with Crippen molar-refractivity contribution in [2.24, 2.45) is 5.73 Å². The van der Waals surface area contributed by atoms with Crippen molar-refractivity contribution in [2.75, 3.05) is 0 Å². The lowest BCUT2D eigenvalue weighted by Crippen LogP contribution is -2.24. The van der Waals surface area contributed by atoms with E-state index in [1.165, 1.54) is 0 Å². The summed E-state index contributed by atoms with van der Waals surface area (Å²) >= 11 is 0. The Morgan fingerprint density at radius 1 is 1.25 bits per heavy atom. The van der Waals surface area contributed by atoms with Crippen molar-refractivity contribution in [3.05, 3.63) is 57.8 Å². The number of benzene rings is 1. The van der Waals surface area contributed by atoms with Gasteiger partial charge in [0.05, 0.1) is 6.54 Å². The van der Waals surface area contributed by atoms with Crippen LogP contribution >= 0.6 is 0 Å². The summed E-state index contributed by atoms with van der Waals surface area (Å²) in [5.41, 5.74) is 7.69. The van der Waals surface area contributed by atoms with Crippen LogP contribution in [0.25, 0.3) is 0 Å². The molecule has 2 N–H and O–H groups in total. The van der Waals surface area contributed by atoms with Crippen molar-refractivity contribution in [3.63, 3.8) is 0 Å². The van der Waals surface area contributed by atoms with Crippen molar-refractivity contribution < 1.29 is 4.79 Å². The maximum absolute atomic E-state index is 12.1. The zero-order chi connectivity index (χ0) is 14.7. The number of primary amides is 1. The van der Waals surface area contributed by atoms with Crippen LogP contribution in [0.4, 0.5) is 0 Å². The summed E-state index contributed by atoms with van der Waals surface area (Å²) in [4.78, 5) is 23.2. The normalized spacial score (nSPS) is 10.7. The lowest BCUT2D eigenvalue weighted by Gasteiger charge is -2.07. The molecular weight excluding hydrogens is 254 g/mol. The molecule has 1 aromatic carbocycles. The third-order valence-electron chi connectivity index (χ3n) is 3.35. The smallest absolute Gasteiger partial charge is 0.328 e. The summed E-state index contributed by atoms with van der Waals surface area (Å²) in [7, 11) is 0. The molecule has 0 fully saturated rings. The van der Waals surface area contributed by atoms with Gasteiger partial charge in [0.25, 0.3) is 0 Å². The maximum atomic E-state index is 12.1. The van der Waals surface area contributed by atoms with Gasteiger partial charge >= 0.3 is 5.69 Å². The lowest BCUT2D eigenvalue weighted by molar-refractivity contribution is 0.1000. The van der Waals surface area contributed by atoms with Crippen molar-refractivity contribution in [1.82, 2.24) is 9.13 Å². The zero-order valence-electron chi connectivity index (χ0n) is 11.8. The summed E-state index contributed by atoms with van der Waals surface area (Å²) in [6, 6.07) is 5.30. The minimum Gasteiger partial charge on any atom is -0.366 e. The first-order valence-corrected chi connectivity index (χ1v) is 6.68. The van der Waals surface area contributed by atoms with Gasteiger partial charge in [0.1, 0.15) is 0 Å². The van der Waals surface area contributed by atoms with E-state index in [1.54, 1.807) is 33.7 Å². The second-order valence-corrected chi connectivity index (χ2v) is 4.91. The van der Waals surface area contributed by atoms with Crippen LogP contribution in [0, 0.1) is 6.92 Å². The molecule has 5 nitrogen and oxygen atoms in total. The molecule has 0 radical (unpaired) electrons. The van der Waals surface area contributed by atoms with E-state index in [-0.39, 0.29) is 5.69 Å². The monoisotopic (exact) mass is 273 g/mol. The first-order chi connectivity index (χ1) is 9.52. The third-order valence-corrected chi connectivity index (χ3v) is 3.35. The number of hydrogen-bond donors (Lipinski definition) is 1. The molecule has 2 rings (SSSR count). The third kappa shape index (κ3) is 2.82. The fourth-order valence-electron chi connectivity index (χ4n) is 2.19. The molecular formula is C15H19N3O2. The highest BCUT2D eigenvalue weighted by Gasteiger charge is 2.07. The highest BCUT2D eigenvalue weighted by molar-refractivity contribution is 5.93. The van der Waals surface area contributed by atoms with Crippen LogP contribution in [0.5, 0.6) is 0 Å². The number of rotatable bonds is 5. The molecule has 1 aromatic heterocycles. The van der Waals surface area contributed by atoms with Crippen molar-refractivity contribution in [1.29, 1.82) is 0 Å². The number of nitrogens with zero attached hydrogens (tertiary/aromatic N) is 2. The SMILES string of the molecule is CCCn1ccn(Cc2ccc(C(N)=O)cc2C)c1=O. The van der Waals surface area contributed by atoms with Gasteiger partial charge < -0.3 is 5.73 Å². The predicted octanol–water partition coefficient (Wildman–Crippen LogP) is 1.52. The largest absolute Gasteiger partial charge is 0.366 e. The van der Waals surface area contributed by atoms with Crippen LogP contribution < -0.4 is 11.4 Å². The Bertz CT molecular complexity index is 683. The molecule has 0 spiro atoms. The second kappa shape index (κ2) is 5.77. The van der Waals surface area contributed by atoms with Crippen molar-refractivity contribution in [3.8, 4) is 0 Å². The van der Waals surface area contributed by atoms with Gasteiger partial charge in [-0.15, -0.1) is 0 Å². The Labute approximate surface area is 117 Å². The molecule has 0 aliphatic carbocycles. The van der Waals surface area contributed by atoms with Gasteiger partial charge in [-0.3, -0.25) is 13.9 Å². The van der Waals surface area contributed by atoms with E-state index in [2.05, 4.69) is 0 Å². The molecule has 0 aliphatic heterocycles. The Morgan fingerprint density at radius 3 is 2.55 bits per heavy atom. The average Bonchev–Trinajstić information content (AvgIpc) is 2.74. The molecule has 0 bridgehead atoms. The topological polar surface area (TPSA) is 70.0 Å². The summed E-state index contributed by atoms with van der Waals surface area (Å²) in [6.45, 7) is 5.18. The first-order valence-electron chi connectivity index (χ1n) is 6.68. The fraction of sp³-hybridized carbons (Fsp3) is 0.333. The standard InChI is InChI=1S/C15H19N3O2/c1-3-6-17-7-8-18(15(17)20)10-13-5-4-12(14(16)19)9-11(13)2/h4-5,7-9H,3,6,10H2,1-2H3,(H2,16,19). The van der Waals surface area contributed by atoms with Crippen LogP contribution in [0.3, 0.4) is 0 Å². The molecule has 0 atom stereocenters. The Kier molecular flexibility index (Phi) is 4.08. The van der Waals surface area contributed by atoms with Crippen LogP contribution in [0.15, 0.2) is 35.4 Å². The molecule has 2 aromatic rings. The lowest BCUT2D eigenvalue weighted by atomic mass is 10.0. The highest BCUT2D eigenvalue weighted by Crippen LogP contribution is 2.12. The highest BCUT2D eigenvalue weighted by atomic mass is 16.2. The summed E-state index contributed by atoms with van der Waals surface area (Å²) < 4.78 is 3.37. The van der Waals surface area contributed by atoms with E-state index < -0.39 is 5.91 Å². The second-order valence-electron chi connectivity index (χ2n) is 4.91. The van der Waals surface area contributed by atoms with Gasteiger partial charge in [0.15, 0.2) is 0 Å². The number of carbonyl (C=O) groups is 1. The van der Waals surface area contributed by atoms with Crippen LogP contribution in [0.1, 0.15) is 34.8 Å². The summed E-state index contributed by atoms with van der Waals surface area (Å²) in [6.07, 6.45) is 4.52. The molecule has 106 valence electrons. The number of imidazole rings is 1. The van der Waals surface area contributed by atoms with E-state index in [1.807, 2.05) is 19.9 Å². The molecule has 1 amide bonds. The van der Waals surface area contributed by atoms with Gasteiger partial charge in [0.2, 0.25) is 5.91 Å². The predicted molar refractivity (Wildman–Crippen MR) is 77.8 cm³/mol. The fourth-order valence-corrected chi connectivity index (χ4v) is 2.19. The molecule has 20 heavy (non-hydrogen) atoms. The van der Waals surface area contributed by atoms with Gasteiger partial charge in [-0.1, -0.05) is 13.0 Å². The molecule has 0 saturated heterocycles. The number of amides is 1. The number of aromatic nitrogens is 2. The van der Waals surface area contributed by atoms with E-state index in [0.717, 1.165) is 24.1 Å². The van der Waals surface area contributed by atoms with Gasteiger partial charge in [-0.25, -0.2) is 4.79 Å². The Balaban J connectivity index is 2.26. The van der Waals surface area contributed by atoms with E-state index in [0.29, 0.717) is 12.1 Å². The van der Waals surface area contributed by atoms with Gasteiger partial charge in [-0.2, -0.15) is 0 Å².